The van der Waals surface area contributed by atoms with E-state index in [2.05, 4.69) is 4.98 Å². The van der Waals surface area contributed by atoms with Crippen LogP contribution in [0, 0.1) is 0 Å². The molecule has 2 heterocycles. The number of aliphatic carboxylic acids is 1. The molecule has 1 aliphatic heterocycles. The normalized spacial score (nSPS) is 21.0. The number of rotatable bonds is 3. The lowest BCUT2D eigenvalue weighted by atomic mass is 10.1. The summed E-state index contributed by atoms with van der Waals surface area (Å²) >= 11 is 5.69. The fraction of sp³-hybridized carbons (Fsp3) is 0.417. The summed E-state index contributed by atoms with van der Waals surface area (Å²) in [7, 11) is -3.33. The number of pyridine rings is 1. The zero-order chi connectivity index (χ0) is 15.6. The highest BCUT2D eigenvalue weighted by molar-refractivity contribution is 7.91. The minimum absolute atomic E-state index is 0.0383. The van der Waals surface area contributed by atoms with E-state index in [0.717, 1.165) is 0 Å². The molecule has 1 fully saturated rings. The number of carbonyl (C=O) groups excluding carboxylic acids is 1. The third kappa shape index (κ3) is 3.92. The second-order valence-corrected chi connectivity index (χ2v) is 7.39. The van der Waals surface area contributed by atoms with Crippen molar-refractivity contribution in [3.63, 3.8) is 0 Å². The van der Waals surface area contributed by atoms with Gasteiger partial charge in [0, 0.05) is 12.7 Å². The van der Waals surface area contributed by atoms with Gasteiger partial charge in [-0.2, -0.15) is 0 Å². The summed E-state index contributed by atoms with van der Waals surface area (Å²) in [5, 5.41) is 9.25. The SMILES string of the molecule is O=C(O)CC1CS(=O)(=O)CCN1C(=O)c1ccc(Cl)cn1. The Morgan fingerprint density at radius 1 is 1.43 bits per heavy atom. The van der Waals surface area contributed by atoms with Crippen molar-refractivity contribution in [2.24, 2.45) is 0 Å². The molecule has 1 unspecified atom stereocenters. The number of halogens is 1. The number of carboxylic acids is 1. The Morgan fingerprint density at radius 2 is 2.14 bits per heavy atom. The van der Waals surface area contributed by atoms with Crippen LogP contribution in [0.3, 0.4) is 0 Å². The fourth-order valence-electron chi connectivity index (χ4n) is 2.17. The molecule has 1 atom stereocenters. The number of hydrogen-bond donors (Lipinski definition) is 1. The molecule has 1 amide bonds. The highest BCUT2D eigenvalue weighted by Gasteiger charge is 2.36. The molecule has 1 N–H and O–H groups in total. The minimum atomic E-state index is -3.33. The predicted molar refractivity (Wildman–Crippen MR) is 75.0 cm³/mol. The van der Waals surface area contributed by atoms with Crippen LogP contribution >= 0.6 is 11.6 Å². The monoisotopic (exact) mass is 332 g/mol. The number of aromatic nitrogens is 1. The van der Waals surface area contributed by atoms with Crippen molar-refractivity contribution in [1.29, 1.82) is 0 Å². The van der Waals surface area contributed by atoms with E-state index in [0.29, 0.717) is 5.02 Å². The molecule has 0 radical (unpaired) electrons. The van der Waals surface area contributed by atoms with Gasteiger partial charge in [-0.3, -0.25) is 9.59 Å². The van der Waals surface area contributed by atoms with Crippen LogP contribution in [-0.4, -0.2) is 59.4 Å². The average Bonchev–Trinajstić information content (AvgIpc) is 2.37. The third-order valence-corrected chi connectivity index (χ3v) is 5.07. The molecule has 0 spiro atoms. The van der Waals surface area contributed by atoms with Crippen LogP contribution in [0.2, 0.25) is 5.02 Å². The molecule has 114 valence electrons. The zero-order valence-corrected chi connectivity index (χ0v) is 12.5. The van der Waals surface area contributed by atoms with Gasteiger partial charge < -0.3 is 10.0 Å². The van der Waals surface area contributed by atoms with Crippen LogP contribution < -0.4 is 0 Å². The first-order valence-electron chi connectivity index (χ1n) is 6.13. The lowest BCUT2D eigenvalue weighted by molar-refractivity contribution is -0.138. The van der Waals surface area contributed by atoms with Crippen molar-refractivity contribution in [3.8, 4) is 0 Å². The number of nitrogens with zero attached hydrogens (tertiary/aromatic N) is 2. The Hall–Kier alpha value is -1.67. The van der Waals surface area contributed by atoms with Crippen LogP contribution in [0.25, 0.3) is 0 Å². The quantitative estimate of drug-likeness (QED) is 0.861. The highest BCUT2D eigenvalue weighted by atomic mass is 35.5. The number of amides is 1. The summed E-state index contributed by atoms with van der Waals surface area (Å²) < 4.78 is 23.3. The van der Waals surface area contributed by atoms with Gasteiger partial charge in [-0.15, -0.1) is 0 Å². The van der Waals surface area contributed by atoms with Crippen molar-refractivity contribution < 1.29 is 23.1 Å². The van der Waals surface area contributed by atoms with Gasteiger partial charge in [0.25, 0.3) is 5.91 Å². The molecular weight excluding hydrogens is 320 g/mol. The van der Waals surface area contributed by atoms with Gasteiger partial charge in [0.1, 0.15) is 5.69 Å². The van der Waals surface area contributed by atoms with Crippen LogP contribution in [-0.2, 0) is 14.6 Å². The predicted octanol–water partition coefficient (Wildman–Crippen LogP) is 0.449. The van der Waals surface area contributed by atoms with Crippen LogP contribution in [0.1, 0.15) is 16.9 Å². The van der Waals surface area contributed by atoms with Crippen molar-refractivity contribution in [3.05, 3.63) is 29.0 Å². The van der Waals surface area contributed by atoms with Crippen molar-refractivity contribution in [1.82, 2.24) is 9.88 Å². The van der Waals surface area contributed by atoms with Gasteiger partial charge >= 0.3 is 5.97 Å². The molecule has 0 aromatic carbocycles. The summed E-state index contributed by atoms with van der Waals surface area (Å²) in [6, 6.07) is 2.03. The smallest absolute Gasteiger partial charge is 0.305 e. The lowest BCUT2D eigenvalue weighted by Crippen LogP contribution is -2.52. The second-order valence-electron chi connectivity index (χ2n) is 4.73. The van der Waals surface area contributed by atoms with Gasteiger partial charge in [0.05, 0.1) is 29.0 Å². The highest BCUT2D eigenvalue weighted by Crippen LogP contribution is 2.18. The van der Waals surface area contributed by atoms with Gasteiger partial charge in [-0.1, -0.05) is 11.6 Å². The molecule has 0 bridgehead atoms. The first kappa shape index (κ1) is 15.7. The molecule has 9 heteroatoms. The molecular formula is C12H13ClN2O5S. The van der Waals surface area contributed by atoms with Crippen molar-refractivity contribution in [2.45, 2.75) is 12.5 Å². The van der Waals surface area contributed by atoms with E-state index in [1.54, 1.807) is 0 Å². The Balaban J connectivity index is 2.24. The summed E-state index contributed by atoms with van der Waals surface area (Å²) in [6.07, 6.45) is 0.889. The largest absolute Gasteiger partial charge is 0.481 e. The number of sulfone groups is 1. The Labute approximate surface area is 126 Å². The third-order valence-electron chi connectivity index (χ3n) is 3.15. The van der Waals surface area contributed by atoms with E-state index >= 15 is 0 Å². The molecule has 1 aromatic heterocycles. The van der Waals surface area contributed by atoms with Crippen LogP contribution in [0.5, 0.6) is 0 Å². The lowest BCUT2D eigenvalue weighted by Gasteiger charge is -2.34. The molecule has 1 aromatic rings. The van der Waals surface area contributed by atoms with Gasteiger partial charge in [0.2, 0.25) is 0 Å². The van der Waals surface area contributed by atoms with Crippen molar-refractivity contribution >= 4 is 33.3 Å². The molecule has 0 aliphatic carbocycles. The van der Waals surface area contributed by atoms with E-state index in [-0.39, 0.29) is 23.7 Å². The maximum Gasteiger partial charge on any atom is 0.305 e. The molecule has 2 rings (SSSR count). The van der Waals surface area contributed by atoms with Crippen molar-refractivity contribution in [2.75, 3.05) is 18.1 Å². The van der Waals surface area contributed by atoms with Gasteiger partial charge in [-0.05, 0) is 12.1 Å². The Kier molecular flexibility index (Phi) is 4.48. The van der Waals surface area contributed by atoms with Crippen LogP contribution in [0.15, 0.2) is 18.3 Å². The van der Waals surface area contributed by atoms with Gasteiger partial charge in [0.15, 0.2) is 9.84 Å². The van der Waals surface area contributed by atoms with Crippen LogP contribution in [0.4, 0.5) is 0 Å². The Morgan fingerprint density at radius 3 is 2.71 bits per heavy atom. The summed E-state index contributed by atoms with van der Waals surface area (Å²) in [4.78, 5) is 28.3. The molecule has 1 aliphatic rings. The molecule has 1 saturated heterocycles. The fourth-order valence-corrected chi connectivity index (χ4v) is 3.81. The molecule has 7 nitrogen and oxygen atoms in total. The minimum Gasteiger partial charge on any atom is -0.481 e. The van der Waals surface area contributed by atoms with E-state index in [9.17, 15) is 18.0 Å². The summed E-state index contributed by atoms with van der Waals surface area (Å²) in [6.45, 7) is -0.0383. The first-order chi connectivity index (χ1) is 9.78. The van der Waals surface area contributed by atoms with E-state index in [1.165, 1.54) is 23.2 Å². The topological polar surface area (TPSA) is 105 Å². The zero-order valence-electron chi connectivity index (χ0n) is 10.9. The Bertz CT molecular complexity index is 659. The summed E-state index contributed by atoms with van der Waals surface area (Å²) in [5.41, 5.74) is 0.106. The number of hydrogen-bond acceptors (Lipinski definition) is 5. The number of carboxylic acid groups (broad SMARTS) is 1. The average molecular weight is 333 g/mol. The van der Waals surface area contributed by atoms with Gasteiger partial charge in [-0.25, -0.2) is 13.4 Å². The number of carbonyl (C=O) groups is 2. The maximum absolute atomic E-state index is 12.3. The summed E-state index contributed by atoms with van der Waals surface area (Å²) in [5.74, 6) is -2.17. The first-order valence-corrected chi connectivity index (χ1v) is 8.33. The maximum atomic E-state index is 12.3. The standard InChI is InChI=1S/C12H13ClN2O5S/c13-8-1-2-10(14-6-8)12(18)15-3-4-21(19,20)7-9(15)5-11(16)17/h1-2,6,9H,3-5,7H2,(H,16,17). The van der Waals surface area contributed by atoms with E-state index < -0.39 is 34.2 Å². The van der Waals surface area contributed by atoms with E-state index in [4.69, 9.17) is 16.7 Å². The van der Waals surface area contributed by atoms with E-state index in [1.807, 2.05) is 0 Å². The second kappa shape index (κ2) is 5.98. The molecule has 21 heavy (non-hydrogen) atoms. The molecule has 0 saturated carbocycles.